The number of carbonyl (C=O) groups is 1. The van der Waals surface area contributed by atoms with Gasteiger partial charge in [0.25, 0.3) is 0 Å². The summed E-state index contributed by atoms with van der Waals surface area (Å²) in [6.45, 7) is 11.5. The Labute approximate surface area is 169 Å². The summed E-state index contributed by atoms with van der Waals surface area (Å²) in [7, 11) is 0. The van der Waals surface area contributed by atoms with E-state index in [1.54, 1.807) is 0 Å². The van der Waals surface area contributed by atoms with Crippen LogP contribution in [0.1, 0.15) is 63.7 Å². The van der Waals surface area contributed by atoms with Gasteiger partial charge in [0.1, 0.15) is 5.60 Å². The molecule has 3 heteroatoms. The molecule has 0 aliphatic rings. The summed E-state index contributed by atoms with van der Waals surface area (Å²) < 4.78 is 5.68. The van der Waals surface area contributed by atoms with Gasteiger partial charge in [0.2, 0.25) is 0 Å². The van der Waals surface area contributed by atoms with Crippen molar-refractivity contribution in [2.24, 2.45) is 5.92 Å². The van der Waals surface area contributed by atoms with Gasteiger partial charge >= 0.3 is 5.97 Å². The standard InChI is InChI=1S/C25H33NO2/c1-6-7-18-22(20-14-10-8-11-15-20)26-23(21-16-12-9-13-17-21)19(2)24(27)28-25(3,4)5/h6,8-17,19,22-23,26H,1,7,18H2,2-5H3. The molecule has 28 heavy (non-hydrogen) atoms. The van der Waals surface area contributed by atoms with Crippen LogP contribution in [0.5, 0.6) is 0 Å². The molecule has 0 heterocycles. The van der Waals surface area contributed by atoms with Crippen LogP contribution in [-0.4, -0.2) is 11.6 Å². The highest BCUT2D eigenvalue weighted by atomic mass is 16.6. The first-order valence-electron chi connectivity index (χ1n) is 10.0. The second-order valence-electron chi connectivity index (χ2n) is 8.21. The van der Waals surface area contributed by atoms with Crippen molar-refractivity contribution < 1.29 is 9.53 Å². The smallest absolute Gasteiger partial charge is 0.311 e. The third-order valence-corrected chi connectivity index (χ3v) is 4.68. The van der Waals surface area contributed by atoms with E-state index >= 15 is 0 Å². The van der Waals surface area contributed by atoms with Gasteiger partial charge in [0.15, 0.2) is 0 Å². The fraction of sp³-hybridized carbons (Fsp3) is 0.400. The van der Waals surface area contributed by atoms with Crippen LogP contribution in [-0.2, 0) is 9.53 Å². The molecule has 0 bridgehead atoms. The number of ether oxygens (including phenoxy) is 1. The SMILES string of the molecule is C=CCCC(NC(c1ccccc1)C(C)C(=O)OC(C)(C)C)c1ccccc1. The summed E-state index contributed by atoms with van der Waals surface area (Å²) in [6, 6.07) is 20.5. The number of carbonyl (C=O) groups excluding carboxylic acids is 1. The van der Waals surface area contributed by atoms with Crippen LogP contribution in [0.4, 0.5) is 0 Å². The highest BCUT2D eigenvalue weighted by Gasteiger charge is 2.31. The Bertz CT molecular complexity index is 734. The second kappa shape index (κ2) is 10.2. The fourth-order valence-corrected chi connectivity index (χ4v) is 3.25. The van der Waals surface area contributed by atoms with Crippen LogP contribution in [0.2, 0.25) is 0 Å². The number of hydrogen-bond donors (Lipinski definition) is 1. The van der Waals surface area contributed by atoms with E-state index in [1.165, 1.54) is 5.56 Å². The van der Waals surface area contributed by atoms with Crippen molar-refractivity contribution in [1.29, 1.82) is 0 Å². The van der Waals surface area contributed by atoms with Crippen LogP contribution in [0.25, 0.3) is 0 Å². The number of esters is 1. The van der Waals surface area contributed by atoms with Gasteiger partial charge in [-0.2, -0.15) is 0 Å². The largest absolute Gasteiger partial charge is 0.460 e. The number of rotatable bonds is 9. The van der Waals surface area contributed by atoms with E-state index in [4.69, 9.17) is 4.74 Å². The minimum atomic E-state index is -0.506. The maximum Gasteiger partial charge on any atom is 0.311 e. The summed E-state index contributed by atoms with van der Waals surface area (Å²) >= 11 is 0. The van der Waals surface area contributed by atoms with Gasteiger partial charge in [-0.25, -0.2) is 0 Å². The Kier molecular flexibility index (Phi) is 8.01. The molecule has 0 aliphatic heterocycles. The Hall–Kier alpha value is -2.39. The number of allylic oxidation sites excluding steroid dienone is 1. The fourth-order valence-electron chi connectivity index (χ4n) is 3.25. The third-order valence-electron chi connectivity index (χ3n) is 4.68. The lowest BCUT2D eigenvalue weighted by Crippen LogP contribution is -2.37. The Morgan fingerprint density at radius 3 is 2.07 bits per heavy atom. The Morgan fingerprint density at radius 2 is 1.57 bits per heavy atom. The first-order chi connectivity index (χ1) is 13.3. The normalized spacial score (nSPS) is 14.7. The van der Waals surface area contributed by atoms with Crippen molar-refractivity contribution in [3.8, 4) is 0 Å². The van der Waals surface area contributed by atoms with Crippen LogP contribution in [0.3, 0.4) is 0 Å². The van der Waals surface area contributed by atoms with Gasteiger partial charge in [0.05, 0.1) is 5.92 Å². The molecule has 3 nitrogen and oxygen atoms in total. The number of hydrogen-bond acceptors (Lipinski definition) is 3. The average molecular weight is 380 g/mol. The average Bonchev–Trinajstić information content (AvgIpc) is 2.68. The van der Waals surface area contributed by atoms with Crippen LogP contribution in [0.15, 0.2) is 73.3 Å². The first-order valence-corrected chi connectivity index (χ1v) is 10.0. The van der Waals surface area contributed by atoms with Gasteiger partial charge in [-0.3, -0.25) is 4.79 Å². The van der Waals surface area contributed by atoms with E-state index < -0.39 is 5.60 Å². The van der Waals surface area contributed by atoms with E-state index in [0.29, 0.717) is 0 Å². The first kappa shape index (κ1) is 21.9. The van der Waals surface area contributed by atoms with Gasteiger partial charge in [-0.05, 0) is 44.7 Å². The maximum atomic E-state index is 12.8. The lowest BCUT2D eigenvalue weighted by molar-refractivity contribution is -0.160. The third kappa shape index (κ3) is 6.65. The maximum absolute atomic E-state index is 12.8. The highest BCUT2D eigenvalue weighted by molar-refractivity contribution is 5.73. The van der Waals surface area contributed by atoms with Gasteiger partial charge in [0, 0.05) is 12.1 Å². The molecule has 150 valence electrons. The predicted octanol–water partition coefficient (Wildman–Crippen LogP) is 6.00. The minimum absolute atomic E-state index is 0.120. The molecule has 0 aromatic heterocycles. The van der Waals surface area contributed by atoms with Crippen molar-refractivity contribution in [3.05, 3.63) is 84.4 Å². The number of nitrogens with one attached hydrogen (secondary N) is 1. The van der Waals surface area contributed by atoms with E-state index in [9.17, 15) is 4.79 Å². The lowest BCUT2D eigenvalue weighted by atomic mass is 9.91. The zero-order valence-corrected chi connectivity index (χ0v) is 17.5. The van der Waals surface area contributed by atoms with Crippen LogP contribution >= 0.6 is 0 Å². The molecule has 2 rings (SSSR count). The van der Waals surface area contributed by atoms with Crippen molar-refractivity contribution in [2.75, 3.05) is 0 Å². The monoisotopic (exact) mass is 379 g/mol. The molecule has 2 aromatic rings. The molecule has 0 saturated carbocycles. The summed E-state index contributed by atoms with van der Waals surface area (Å²) in [5.41, 5.74) is 1.79. The molecule has 0 aliphatic carbocycles. The van der Waals surface area contributed by atoms with Crippen molar-refractivity contribution in [1.82, 2.24) is 5.32 Å². The summed E-state index contributed by atoms with van der Waals surface area (Å²) in [5, 5.41) is 3.74. The van der Waals surface area contributed by atoms with Crippen molar-refractivity contribution >= 4 is 5.97 Å². The summed E-state index contributed by atoms with van der Waals surface area (Å²) in [5.74, 6) is -0.513. The predicted molar refractivity (Wildman–Crippen MR) is 116 cm³/mol. The Morgan fingerprint density at radius 1 is 1.04 bits per heavy atom. The number of benzene rings is 2. The zero-order valence-electron chi connectivity index (χ0n) is 17.5. The summed E-state index contributed by atoms with van der Waals surface area (Å²) in [4.78, 5) is 12.8. The van der Waals surface area contributed by atoms with Gasteiger partial charge in [-0.15, -0.1) is 6.58 Å². The van der Waals surface area contributed by atoms with Gasteiger partial charge < -0.3 is 10.1 Å². The second-order valence-corrected chi connectivity index (χ2v) is 8.21. The van der Waals surface area contributed by atoms with E-state index in [0.717, 1.165) is 18.4 Å². The molecule has 0 amide bonds. The molecular formula is C25H33NO2. The molecule has 2 aromatic carbocycles. The molecule has 0 fully saturated rings. The molecule has 0 radical (unpaired) electrons. The molecule has 3 unspecified atom stereocenters. The zero-order chi connectivity index (χ0) is 20.6. The topological polar surface area (TPSA) is 38.3 Å². The highest BCUT2D eigenvalue weighted by Crippen LogP contribution is 2.30. The minimum Gasteiger partial charge on any atom is -0.460 e. The molecular weight excluding hydrogens is 346 g/mol. The lowest BCUT2D eigenvalue weighted by Gasteiger charge is -2.31. The molecule has 0 saturated heterocycles. The Balaban J connectivity index is 2.32. The summed E-state index contributed by atoms with van der Waals surface area (Å²) in [6.07, 6.45) is 3.75. The van der Waals surface area contributed by atoms with E-state index in [2.05, 4.69) is 36.2 Å². The molecule has 0 spiro atoms. The van der Waals surface area contributed by atoms with Crippen molar-refractivity contribution in [2.45, 2.75) is 58.2 Å². The van der Waals surface area contributed by atoms with Gasteiger partial charge in [-0.1, -0.05) is 73.7 Å². The molecule has 1 N–H and O–H groups in total. The van der Waals surface area contributed by atoms with Crippen LogP contribution < -0.4 is 5.32 Å². The van der Waals surface area contributed by atoms with Crippen molar-refractivity contribution in [3.63, 3.8) is 0 Å². The quantitative estimate of drug-likeness (QED) is 0.429. The van der Waals surface area contributed by atoms with E-state index in [-0.39, 0.29) is 24.0 Å². The van der Waals surface area contributed by atoms with E-state index in [1.807, 2.05) is 70.2 Å². The van der Waals surface area contributed by atoms with Crippen LogP contribution in [0, 0.1) is 5.92 Å². The molecule has 3 atom stereocenters.